The van der Waals surface area contributed by atoms with Gasteiger partial charge in [-0.15, -0.1) is 0 Å². The third-order valence-corrected chi connectivity index (χ3v) is 5.03. The Bertz CT molecular complexity index is 965. The monoisotopic (exact) mass is 375 g/mol. The van der Waals surface area contributed by atoms with E-state index < -0.39 is 0 Å². The Hall–Kier alpha value is -2.88. The van der Waals surface area contributed by atoms with Crippen LogP contribution < -0.4 is 5.32 Å². The number of aryl methyl sites for hydroxylation is 2. The SMILES string of the molecule is Cc1cccc(-n2nc(C(C)(C)C)cc2NC(=O)CCc2ccccc2)c1C. The highest BCUT2D eigenvalue weighted by atomic mass is 16.1. The second-order valence-electron chi connectivity index (χ2n) is 8.33. The number of hydrogen-bond acceptors (Lipinski definition) is 2. The van der Waals surface area contributed by atoms with E-state index >= 15 is 0 Å². The zero-order valence-electron chi connectivity index (χ0n) is 17.4. The summed E-state index contributed by atoms with van der Waals surface area (Å²) in [6.07, 6.45) is 1.16. The number of carbonyl (C=O) groups excluding carboxylic acids is 1. The number of anilines is 1. The molecular formula is C24H29N3O. The van der Waals surface area contributed by atoms with E-state index in [0.717, 1.165) is 34.7 Å². The highest BCUT2D eigenvalue weighted by Crippen LogP contribution is 2.28. The zero-order valence-corrected chi connectivity index (χ0v) is 17.4. The summed E-state index contributed by atoms with van der Waals surface area (Å²) in [4.78, 5) is 12.6. The summed E-state index contributed by atoms with van der Waals surface area (Å²) in [5.41, 5.74) is 5.36. The third-order valence-electron chi connectivity index (χ3n) is 5.03. The predicted molar refractivity (Wildman–Crippen MR) is 115 cm³/mol. The maximum atomic E-state index is 12.6. The Morgan fingerprint density at radius 2 is 1.75 bits per heavy atom. The number of nitrogens with one attached hydrogen (secondary N) is 1. The molecule has 0 spiro atoms. The van der Waals surface area contributed by atoms with Gasteiger partial charge < -0.3 is 5.32 Å². The van der Waals surface area contributed by atoms with E-state index in [0.29, 0.717) is 6.42 Å². The van der Waals surface area contributed by atoms with E-state index in [1.807, 2.05) is 53.2 Å². The molecule has 1 amide bonds. The fourth-order valence-electron chi connectivity index (χ4n) is 3.09. The summed E-state index contributed by atoms with van der Waals surface area (Å²) in [5.74, 6) is 0.715. The van der Waals surface area contributed by atoms with Crippen LogP contribution in [0.25, 0.3) is 5.69 Å². The minimum atomic E-state index is -0.105. The van der Waals surface area contributed by atoms with Crippen LogP contribution >= 0.6 is 0 Å². The minimum Gasteiger partial charge on any atom is -0.311 e. The number of rotatable bonds is 5. The molecule has 0 aliphatic heterocycles. The van der Waals surface area contributed by atoms with E-state index in [1.165, 1.54) is 5.56 Å². The lowest BCUT2D eigenvalue weighted by molar-refractivity contribution is -0.116. The Kier molecular flexibility index (Phi) is 5.68. The average Bonchev–Trinajstić information content (AvgIpc) is 3.07. The molecule has 0 fully saturated rings. The maximum absolute atomic E-state index is 12.6. The first kappa shape index (κ1) is 19.9. The van der Waals surface area contributed by atoms with E-state index in [-0.39, 0.29) is 11.3 Å². The van der Waals surface area contributed by atoms with Crippen molar-refractivity contribution in [3.63, 3.8) is 0 Å². The summed E-state index contributed by atoms with van der Waals surface area (Å²) < 4.78 is 1.86. The summed E-state index contributed by atoms with van der Waals surface area (Å²) in [7, 11) is 0. The van der Waals surface area contributed by atoms with Crippen LogP contribution in [0.5, 0.6) is 0 Å². The average molecular weight is 376 g/mol. The van der Waals surface area contributed by atoms with Crippen molar-refractivity contribution in [2.75, 3.05) is 5.32 Å². The van der Waals surface area contributed by atoms with Crippen LogP contribution in [-0.2, 0) is 16.6 Å². The van der Waals surface area contributed by atoms with Gasteiger partial charge in [0.25, 0.3) is 0 Å². The van der Waals surface area contributed by atoms with Gasteiger partial charge in [0.15, 0.2) is 0 Å². The fraction of sp³-hybridized carbons (Fsp3) is 0.333. The van der Waals surface area contributed by atoms with Crippen molar-refractivity contribution >= 4 is 11.7 Å². The van der Waals surface area contributed by atoms with Crippen molar-refractivity contribution in [3.8, 4) is 5.69 Å². The van der Waals surface area contributed by atoms with Crippen molar-refractivity contribution in [1.82, 2.24) is 9.78 Å². The summed E-state index contributed by atoms with van der Waals surface area (Å²) in [5, 5.41) is 7.91. The Morgan fingerprint density at radius 1 is 1.04 bits per heavy atom. The molecule has 1 heterocycles. The van der Waals surface area contributed by atoms with Gasteiger partial charge >= 0.3 is 0 Å². The number of hydrogen-bond donors (Lipinski definition) is 1. The number of benzene rings is 2. The third kappa shape index (κ3) is 4.50. The second kappa shape index (κ2) is 8.01. The van der Waals surface area contributed by atoms with E-state index in [1.54, 1.807) is 0 Å². The molecule has 0 aliphatic rings. The van der Waals surface area contributed by atoms with Crippen molar-refractivity contribution in [2.24, 2.45) is 0 Å². The number of carbonyl (C=O) groups is 1. The number of nitrogens with zero attached hydrogens (tertiary/aromatic N) is 2. The van der Waals surface area contributed by atoms with Crippen molar-refractivity contribution in [3.05, 3.63) is 77.0 Å². The molecule has 0 bridgehead atoms. The Labute approximate surface area is 167 Å². The molecular weight excluding hydrogens is 346 g/mol. The van der Waals surface area contributed by atoms with E-state index in [9.17, 15) is 4.79 Å². The quantitative estimate of drug-likeness (QED) is 0.653. The molecule has 0 saturated heterocycles. The fourth-order valence-corrected chi connectivity index (χ4v) is 3.09. The smallest absolute Gasteiger partial charge is 0.225 e. The molecule has 0 radical (unpaired) electrons. The number of aromatic nitrogens is 2. The van der Waals surface area contributed by atoms with Crippen molar-refractivity contribution < 1.29 is 4.79 Å². The summed E-state index contributed by atoms with van der Waals surface area (Å²) in [6.45, 7) is 10.6. The molecule has 1 aromatic heterocycles. The van der Waals surface area contributed by atoms with Gasteiger partial charge in [0.05, 0.1) is 11.4 Å². The predicted octanol–water partition coefficient (Wildman–Crippen LogP) is 5.36. The van der Waals surface area contributed by atoms with Gasteiger partial charge in [0.1, 0.15) is 5.82 Å². The first-order valence-electron chi connectivity index (χ1n) is 9.76. The first-order chi connectivity index (χ1) is 13.3. The molecule has 3 aromatic rings. The first-order valence-corrected chi connectivity index (χ1v) is 9.76. The van der Waals surface area contributed by atoms with Gasteiger partial charge in [-0.1, -0.05) is 63.2 Å². The maximum Gasteiger partial charge on any atom is 0.225 e. The van der Waals surface area contributed by atoms with Crippen LogP contribution in [-0.4, -0.2) is 15.7 Å². The van der Waals surface area contributed by atoms with Crippen LogP contribution in [0.3, 0.4) is 0 Å². The summed E-state index contributed by atoms with van der Waals surface area (Å²) >= 11 is 0. The van der Waals surface area contributed by atoms with E-state index in [4.69, 9.17) is 5.10 Å². The van der Waals surface area contributed by atoms with Crippen molar-refractivity contribution in [2.45, 2.75) is 52.9 Å². The van der Waals surface area contributed by atoms with Crippen LogP contribution in [0.1, 0.15) is 49.6 Å². The molecule has 0 saturated carbocycles. The molecule has 2 aromatic carbocycles. The normalized spacial score (nSPS) is 11.5. The number of amides is 1. The van der Waals surface area contributed by atoms with Gasteiger partial charge in [0.2, 0.25) is 5.91 Å². The molecule has 0 aliphatic carbocycles. The van der Waals surface area contributed by atoms with Crippen LogP contribution in [0, 0.1) is 13.8 Å². The van der Waals surface area contributed by atoms with Gasteiger partial charge in [-0.25, -0.2) is 4.68 Å². The molecule has 146 valence electrons. The van der Waals surface area contributed by atoms with Gasteiger partial charge in [-0.3, -0.25) is 4.79 Å². The van der Waals surface area contributed by atoms with Crippen LogP contribution in [0.2, 0.25) is 0 Å². The molecule has 0 atom stereocenters. The molecule has 28 heavy (non-hydrogen) atoms. The molecule has 0 unspecified atom stereocenters. The topological polar surface area (TPSA) is 46.9 Å². The lowest BCUT2D eigenvalue weighted by Gasteiger charge is -2.15. The Balaban J connectivity index is 1.88. The molecule has 4 heteroatoms. The summed E-state index contributed by atoms with van der Waals surface area (Å²) in [6, 6.07) is 18.2. The van der Waals surface area contributed by atoms with Crippen LogP contribution in [0.15, 0.2) is 54.6 Å². The van der Waals surface area contributed by atoms with Crippen molar-refractivity contribution in [1.29, 1.82) is 0 Å². The lowest BCUT2D eigenvalue weighted by atomic mass is 9.92. The highest BCUT2D eigenvalue weighted by Gasteiger charge is 2.22. The molecule has 4 nitrogen and oxygen atoms in total. The van der Waals surface area contributed by atoms with E-state index in [2.05, 4.69) is 46.0 Å². The van der Waals surface area contributed by atoms with Gasteiger partial charge in [0, 0.05) is 17.9 Å². The largest absolute Gasteiger partial charge is 0.311 e. The molecule has 3 rings (SSSR count). The standard InChI is InChI=1S/C24H29N3O/c1-17-10-9-13-20(18(17)2)27-22(16-21(26-27)24(3,4)5)25-23(28)15-14-19-11-7-6-8-12-19/h6-13,16H,14-15H2,1-5H3,(H,25,28). The lowest BCUT2D eigenvalue weighted by Crippen LogP contribution is -2.16. The minimum absolute atomic E-state index is 0.00392. The van der Waals surface area contributed by atoms with Gasteiger partial charge in [-0.05, 0) is 43.0 Å². The second-order valence-corrected chi connectivity index (χ2v) is 8.33. The van der Waals surface area contributed by atoms with Gasteiger partial charge in [-0.2, -0.15) is 5.10 Å². The van der Waals surface area contributed by atoms with Crippen LogP contribution in [0.4, 0.5) is 5.82 Å². The Morgan fingerprint density at radius 3 is 2.43 bits per heavy atom. The molecule has 1 N–H and O–H groups in total. The highest BCUT2D eigenvalue weighted by molar-refractivity contribution is 5.90. The zero-order chi connectivity index (χ0) is 20.3.